The van der Waals surface area contributed by atoms with Gasteiger partial charge in [-0.1, -0.05) is 18.2 Å². The molecular weight excluding hydrogens is 409 g/mol. The number of benzene rings is 1. The summed E-state index contributed by atoms with van der Waals surface area (Å²) in [5.41, 5.74) is 7.45. The van der Waals surface area contributed by atoms with Gasteiger partial charge in [-0.3, -0.25) is 14.3 Å². The fraction of sp³-hybridized carbons (Fsp3) is 0.250. The summed E-state index contributed by atoms with van der Waals surface area (Å²) in [5.74, 6) is -0.624. The second-order valence-corrected chi connectivity index (χ2v) is 8.18. The predicted molar refractivity (Wildman–Crippen MR) is 120 cm³/mol. The van der Waals surface area contributed by atoms with Crippen LogP contribution in [0.2, 0.25) is 0 Å². The Hall–Kier alpha value is -3.65. The SMILES string of the molecule is NC1CCC(n2c(=O)c3cc(F)cnc3n(-c3cccc(-c4cccnc4)c3)c2=O)CC1. The van der Waals surface area contributed by atoms with Crippen LogP contribution in [0, 0.1) is 5.82 Å². The van der Waals surface area contributed by atoms with E-state index in [1.54, 1.807) is 18.5 Å². The Labute approximate surface area is 183 Å². The third kappa shape index (κ3) is 3.52. The minimum absolute atomic E-state index is 0.0694. The highest BCUT2D eigenvalue weighted by Gasteiger charge is 2.26. The summed E-state index contributed by atoms with van der Waals surface area (Å²) in [6, 6.07) is 12.1. The van der Waals surface area contributed by atoms with Gasteiger partial charge in [-0.2, -0.15) is 0 Å². The summed E-state index contributed by atoms with van der Waals surface area (Å²) in [5, 5.41) is 0.0752. The first-order valence-corrected chi connectivity index (χ1v) is 10.6. The molecule has 1 aromatic carbocycles. The number of hydrogen-bond acceptors (Lipinski definition) is 5. The number of pyridine rings is 2. The summed E-state index contributed by atoms with van der Waals surface area (Å²) < 4.78 is 16.7. The molecule has 2 N–H and O–H groups in total. The standard InChI is InChI=1S/C24H22FN5O2/c25-17-12-21-22(28-14-17)29(20-5-1-3-15(11-20)16-4-2-10-27-13-16)24(32)30(23(21)31)19-8-6-18(26)7-9-19/h1-5,10-14,18-19H,6-9,26H2. The molecule has 0 radical (unpaired) electrons. The van der Waals surface area contributed by atoms with Crippen molar-refractivity contribution in [2.75, 3.05) is 0 Å². The van der Waals surface area contributed by atoms with Gasteiger partial charge < -0.3 is 5.73 Å². The fourth-order valence-corrected chi connectivity index (χ4v) is 4.46. The largest absolute Gasteiger partial charge is 0.337 e. The highest BCUT2D eigenvalue weighted by Crippen LogP contribution is 2.27. The first-order chi connectivity index (χ1) is 15.5. The molecule has 0 unspecified atom stereocenters. The van der Waals surface area contributed by atoms with Gasteiger partial charge in [0.05, 0.1) is 17.3 Å². The van der Waals surface area contributed by atoms with Gasteiger partial charge in [0.25, 0.3) is 5.56 Å². The van der Waals surface area contributed by atoms with Gasteiger partial charge >= 0.3 is 5.69 Å². The molecule has 0 spiro atoms. The van der Waals surface area contributed by atoms with Crippen LogP contribution in [0.3, 0.4) is 0 Å². The zero-order chi connectivity index (χ0) is 22.2. The van der Waals surface area contributed by atoms with Crippen molar-refractivity contribution in [1.82, 2.24) is 19.1 Å². The van der Waals surface area contributed by atoms with Gasteiger partial charge in [0, 0.05) is 30.0 Å². The predicted octanol–water partition coefficient (Wildman–Crippen LogP) is 3.19. The fourth-order valence-electron chi connectivity index (χ4n) is 4.46. The van der Waals surface area contributed by atoms with Crippen LogP contribution in [0.25, 0.3) is 27.8 Å². The maximum absolute atomic E-state index is 14.0. The lowest BCUT2D eigenvalue weighted by Crippen LogP contribution is -2.44. The molecule has 162 valence electrons. The van der Waals surface area contributed by atoms with Crippen LogP contribution in [0.15, 0.2) is 70.6 Å². The molecule has 8 heteroatoms. The lowest BCUT2D eigenvalue weighted by atomic mass is 9.91. The molecule has 5 rings (SSSR count). The molecule has 0 aliphatic heterocycles. The average Bonchev–Trinajstić information content (AvgIpc) is 2.82. The maximum Gasteiger partial charge on any atom is 0.337 e. The van der Waals surface area contributed by atoms with E-state index in [1.807, 2.05) is 30.3 Å². The number of rotatable bonds is 3. The van der Waals surface area contributed by atoms with Crippen LogP contribution in [0.5, 0.6) is 0 Å². The molecule has 1 aliphatic rings. The zero-order valence-electron chi connectivity index (χ0n) is 17.3. The van der Waals surface area contributed by atoms with Gasteiger partial charge in [-0.15, -0.1) is 0 Å². The Bertz CT molecular complexity index is 1410. The van der Waals surface area contributed by atoms with Gasteiger partial charge in [-0.25, -0.2) is 18.7 Å². The van der Waals surface area contributed by atoms with Crippen LogP contribution in [0.1, 0.15) is 31.7 Å². The number of nitrogens with two attached hydrogens (primary N) is 1. The van der Waals surface area contributed by atoms with E-state index in [1.165, 1.54) is 9.13 Å². The molecule has 1 aliphatic carbocycles. The van der Waals surface area contributed by atoms with Crippen LogP contribution >= 0.6 is 0 Å². The van der Waals surface area contributed by atoms with E-state index >= 15 is 0 Å². The molecule has 0 amide bonds. The number of nitrogens with zero attached hydrogens (tertiary/aromatic N) is 4. The van der Waals surface area contributed by atoms with Crippen molar-refractivity contribution >= 4 is 11.0 Å². The molecule has 32 heavy (non-hydrogen) atoms. The molecule has 3 heterocycles. The maximum atomic E-state index is 14.0. The van der Waals surface area contributed by atoms with E-state index in [4.69, 9.17) is 5.73 Å². The average molecular weight is 431 g/mol. The van der Waals surface area contributed by atoms with E-state index in [9.17, 15) is 14.0 Å². The van der Waals surface area contributed by atoms with E-state index in [0.717, 1.165) is 36.2 Å². The Morgan fingerprint density at radius 3 is 2.50 bits per heavy atom. The van der Waals surface area contributed by atoms with E-state index < -0.39 is 17.1 Å². The van der Waals surface area contributed by atoms with Crippen LogP contribution in [0.4, 0.5) is 4.39 Å². The molecular formula is C24H22FN5O2. The minimum atomic E-state index is -0.624. The summed E-state index contributed by atoms with van der Waals surface area (Å²) in [6.45, 7) is 0. The van der Waals surface area contributed by atoms with Crippen molar-refractivity contribution in [2.45, 2.75) is 37.8 Å². The lowest BCUT2D eigenvalue weighted by Gasteiger charge is -2.28. The van der Waals surface area contributed by atoms with Crippen molar-refractivity contribution in [3.8, 4) is 16.8 Å². The zero-order valence-corrected chi connectivity index (χ0v) is 17.3. The summed E-state index contributed by atoms with van der Waals surface area (Å²) >= 11 is 0. The Kier molecular flexibility index (Phi) is 5.14. The first-order valence-electron chi connectivity index (χ1n) is 10.6. The quantitative estimate of drug-likeness (QED) is 0.538. The molecule has 7 nitrogen and oxygen atoms in total. The molecule has 1 fully saturated rings. The van der Waals surface area contributed by atoms with Gasteiger partial charge in [0.15, 0.2) is 5.65 Å². The summed E-state index contributed by atoms with van der Waals surface area (Å²) in [4.78, 5) is 35.2. The second-order valence-electron chi connectivity index (χ2n) is 8.18. The highest BCUT2D eigenvalue weighted by molar-refractivity contribution is 5.76. The van der Waals surface area contributed by atoms with Gasteiger partial charge in [-0.05, 0) is 55.5 Å². The van der Waals surface area contributed by atoms with E-state index in [0.29, 0.717) is 18.5 Å². The van der Waals surface area contributed by atoms with Crippen molar-refractivity contribution in [3.63, 3.8) is 0 Å². The summed E-state index contributed by atoms with van der Waals surface area (Å²) in [6.07, 6.45) is 7.15. The third-order valence-corrected chi connectivity index (χ3v) is 6.10. The Balaban J connectivity index is 1.76. The molecule has 1 saturated carbocycles. The molecule has 3 aromatic heterocycles. The molecule has 0 atom stereocenters. The van der Waals surface area contributed by atoms with Crippen molar-refractivity contribution in [1.29, 1.82) is 0 Å². The number of fused-ring (bicyclic) bond motifs is 1. The smallest absolute Gasteiger partial charge is 0.328 e. The van der Waals surface area contributed by atoms with Crippen LogP contribution < -0.4 is 17.0 Å². The van der Waals surface area contributed by atoms with E-state index in [-0.39, 0.29) is 23.1 Å². The molecule has 0 bridgehead atoms. The Morgan fingerprint density at radius 1 is 0.969 bits per heavy atom. The lowest BCUT2D eigenvalue weighted by molar-refractivity contribution is 0.309. The van der Waals surface area contributed by atoms with E-state index in [2.05, 4.69) is 9.97 Å². The normalized spacial score (nSPS) is 18.7. The molecule has 0 saturated heterocycles. The van der Waals surface area contributed by atoms with Crippen molar-refractivity contribution in [3.05, 3.63) is 87.7 Å². The van der Waals surface area contributed by atoms with Gasteiger partial charge in [0.2, 0.25) is 0 Å². The number of halogens is 1. The van der Waals surface area contributed by atoms with Gasteiger partial charge in [0.1, 0.15) is 5.82 Å². The highest BCUT2D eigenvalue weighted by atomic mass is 19.1. The van der Waals surface area contributed by atoms with Crippen molar-refractivity contribution in [2.24, 2.45) is 5.73 Å². The van der Waals surface area contributed by atoms with Crippen molar-refractivity contribution < 1.29 is 4.39 Å². The second kappa shape index (κ2) is 8.12. The topological polar surface area (TPSA) is 95.8 Å². The molecule has 4 aromatic rings. The number of hydrogen-bond donors (Lipinski definition) is 1. The summed E-state index contributed by atoms with van der Waals surface area (Å²) in [7, 11) is 0. The first kappa shape index (κ1) is 20.3. The minimum Gasteiger partial charge on any atom is -0.328 e. The monoisotopic (exact) mass is 431 g/mol. The van der Waals surface area contributed by atoms with Crippen LogP contribution in [-0.4, -0.2) is 25.1 Å². The van der Waals surface area contributed by atoms with Crippen LogP contribution in [-0.2, 0) is 0 Å². The number of aromatic nitrogens is 4. The Morgan fingerprint density at radius 2 is 1.75 bits per heavy atom. The third-order valence-electron chi connectivity index (χ3n) is 6.10.